The highest BCUT2D eigenvalue weighted by atomic mass is 17.2. The molecule has 22 heavy (non-hydrogen) atoms. The van der Waals surface area contributed by atoms with Crippen molar-refractivity contribution in [3.63, 3.8) is 0 Å². The largest absolute Gasteiger partial charge is 0.230 e. The SMILES string of the molecule is CCCC(C#CC(C)(CC)OOC(C)(C)C)OOC(C)(C)C. The molecular formula is C18H34O4. The van der Waals surface area contributed by atoms with Crippen molar-refractivity contribution >= 4 is 0 Å². The molecule has 0 aliphatic heterocycles. The van der Waals surface area contributed by atoms with Gasteiger partial charge in [-0.3, -0.25) is 0 Å². The normalized spacial score (nSPS) is 16.6. The quantitative estimate of drug-likeness (QED) is 0.383. The first-order valence-electron chi connectivity index (χ1n) is 8.15. The summed E-state index contributed by atoms with van der Waals surface area (Å²) < 4.78 is 0. The van der Waals surface area contributed by atoms with Gasteiger partial charge in [0.05, 0.1) is 11.2 Å². The molecule has 2 unspecified atom stereocenters. The number of rotatable bonds is 7. The van der Waals surface area contributed by atoms with Crippen molar-refractivity contribution in [3.8, 4) is 11.8 Å². The van der Waals surface area contributed by atoms with Gasteiger partial charge in [0.2, 0.25) is 0 Å². The number of hydrogen-bond acceptors (Lipinski definition) is 4. The summed E-state index contributed by atoms with van der Waals surface area (Å²) in [6.45, 7) is 17.7. The van der Waals surface area contributed by atoms with E-state index >= 15 is 0 Å². The van der Waals surface area contributed by atoms with Crippen LogP contribution in [0.3, 0.4) is 0 Å². The van der Waals surface area contributed by atoms with Crippen LogP contribution in [-0.2, 0) is 19.6 Å². The molecule has 0 heterocycles. The summed E-state index contributed by atoms with van der Waals surface area (Å²) in [5.41, 5.74) is -1.38. The van der Waals surface area contributed by atoms with Gasteiger partial charge in [0.25, 0.3) is 0 Å². The van der Waals surface area contributed by atoms with Crippen LogP contribution in [0.5, 0.6) is 0 Å². The maximum Gasteiger partial charge on any atom is 0.160 e. The monoisotopic (exact) mass is 314 g/mol. The smallest absolute Gasteiger partial charge is 0.160 e. The van der Waals surface area contributed by atoms with E-state index in [1.807, 2.05) is 55.4 Å². The molecule has 0 fully saturated rings. The van der Waals surface area contributed by atoms with Crippen LogP contribution in [0.4, 0.5) is 0 Å². The highest BCUT2D eigenvalue weighted by Gasteiger charge is 2.25. The average molecular weight is 314 g/mol. The molecule has 0 aliphatic carbocycles. The van der Waals surface area contributed by atoms with Crippen molar-refractivity contribution in [1.29, 1.82) is 0 Å². The lowest BCUT2D eigenvalue weighted by Crippen LogP contribution is -2.32. The van der Waals surface area contributed by atoms with E-state index in [9.17, 15) is 0 Å². The van der Waals surface area contributed by atoms with E-state index in [0.717, 1.165) is 19.3 Å². The molecule has 2 atom stereocenters. The molecule has 0 aromatic heterocycles. The van der Waals surface area contributed by atoms with Gasteiger partial charge in [0, 0.05) is 0 Å². The van der Waals surface area contributed by atoms with Crippen LogP contribution < -0.4 is 0 Å². The molecule has 0 rings (SSSR count). The van der Waals surface area contributed by atoms with Gasteiger partial charge < -0.3 is 0 Å². The molecule has 4 nitrogen and oxygen atoms in total. The Morgan fingerprint density at radius 2 is 1.36 bits per heavy atom. The molecule has 4 heteroatoms. The summed E-state index contributed by atoms with van der Waals surface area (Å²) in [4.78, 5) is 21.8. The lowest BCUT2D eigenvalue weighted by molar-refractivity contribution is -0.388. The van der Waals surface area contributed by atoms with Gasteiger partial charge in [-0.1, -0.05) is 32.1 Å². The van der Waals surface area contributed by atoms with Crippen LogP contribution in [0.2, 0.25) is 0 Å². The number of hydrogen-bond donors (Lipinski definition) is 0. The van der Waals surface area contributed by atoms with Crippen LogP contribution in [0.1, 0.15) is 81.6 Å². The van der Waals surface area contributed by atoms with Crippen molar-refractivity contribution < 1.29 is 19.6 Å². The summed E-state index contributed by atoms with van der Waals surface area (Å²) in [5.74, 6) is 6.26. The Kier molecular flexibility index (Phi) is 8.64. The molecule has 130 valence electrons. The molecule has 0 aromatic rings. The second-order valence-corrected chi connectivity index (χ2v) is 7.70. The van der Waals surface area contributed by atoms with Crippen molar-refractivity contribution in [2.75, 3.05) is 0 Å². The van der Waals surface area contributed by atoms with Gasteiger partial charge in [0.1, 0.15) is 0 Å². The second-order valence-electron chi connectivity index (χ2n) is 7.70. The van der Waals surface area contributed by atoms with E-state index in [-0.39, 0.29) is 17.3 Å². The van der Waals surface area contributed by atoms with E-state index in [0.29, 0.717) is 0 Å². The van der Waals surface area contributed by atoms with E-state index < -0.39 is 5.60 Å². The lowest BCUT2D eigenvalue weighted by atomic mass is 10.0. The molecule has 0 bridgehead atoms. The Balaban J connectivity index is 4.82. The predicted molar refractivity (Wildman–Crippen MR) is 89.0 cm³/mol. The summed E-state index contributed by atoms with van der Waals surface area (Å²) >= 11 is 0. The van der Waals surface area contributed by atoms with Crippen molar-refractivity contribution in [3.05, 3.63) is 0 Å². The average Bonchev–Trinajstić information content (AvgIpc) is 2.38. The zero-order valence-electron chi connectivity index (χ0n) is 15.8. The fourth-order valence-electron chi connectivity index (χ4n) is 1.23. The zero-order valence-corrected chi connectivity index (χ0v) is 15.8. The minimum absolute atomic E-state index is 0.270. The fraction of sp³-hybridized carbons (Fsp3) is 0.889. The van der Waals surface area contributed by atoms with Crippen molar-refractivity contribution in [2.24, 2.45) is 0 Å². The molecule has 0 saturated heterocycles. The third kappa shape index (κ3) is 11.0. The highest BCUT2D eigenvalue weighted by Crippen LogP contribution is 2.19. The lowest BCUT2D eigenvalue weighted by Gasteiger charge is -2.27. The third-order valence-corrected chi connectivity index (χ3v) is 2.61. The Bertz CT molecular complexity index is 367. The molecule has 0 aromatic carbocycles. The van der Waals surface area contributed by atoms with Crippen LogP contribution in [0, 0.1) is 11.8 Å². The summed E-state index contributed by atoms with van der Waals surface area (Å²) in [5, 5.41) is 0. The van der Waals surface area contributed by atoms with Crippen molar-refractivity contribution in [2.45, 2.75) is 104 Å². The van der Waals surface area contributed by atoms with Crippen LogP contribution in [0.25, 0.3) is 0 Å². The standard InChI is InChI=1S/C18H34O4/c1-10-12-15(19-20-16(3,4)5)13-14-18(9,11-2)22-21-17(6,7)8/h15H,10-12H2,1-9H3. The first-order chi connectivity index (χ1) is 9.91. The molecular weight excluding hydrogens is 280 g/mol. The maximum atomic E-state index is 5.55. The topological polar surface area (TPSA) is 36.9 Å². The molecule has 0 amide bonds. The maximum absolute atomic E-state index is 5.55. The predicted octanol–water partition coefficient (Wildman–Crippen LogP) is 4.82. The van der Waals surface area contributed by atoms with Gasteiger partial charge in [-0.05, 0) is 61.3 Å². The minimum atomic E-state index is -0.662. The Morgan fingerprint density at radius 1 is 0.818 bits per heavy atom. The molecule has 0 spiro atoms. The Hall–Kier alpha value is -0.600. The first-order valence-corrected chi connectivity index (χ1v) is 8.15. The van der Waals surface area contributed by atoms with E-state index in [2.05, 4.69) is 18.8 Å². The Labute approximate surface area is 136 Å². The summed E-state index contributed by atoms with van der Waals surface area (Å²) in [6.07, 6.45) is 2.22. The van der Waals surface area contributed by atoms with E-state index in [4.69, 9.17) is 19.6 Å². The van der Waals surface area contributed by atoms with Gasteiger partial charge in [-0.2, -0.15) is 0 Å². The second kappa shape index (κ2) is 8.88. The highest BCUT2D eigenvalue weighted by molar-refractivity contribution is 5.15. The van der Waals surface area contributed by atoms with Gasteiger partial charge in [0.15, 0.2) is 11.7 Å². The first kappa shape index (κ1) is 21.4. The van der Waals surface area contributed by atoms with Crippen LogP contribution in [0.15, 0.2) is 0 Å². The fourth-order valence-corrected chi connectivity index (χ4v) is 1.23. The molecule has 0 N–H and O–H groups in total. The van der Waals surface area contributed by atoms with Crippen molar-refractivity contribution in [1.82, 2.24) is 0 Å². The molecule has 0 aliphatic rings. The van der Waals surface area contributed by atoms with Gasteiger partial charge >= 0.3 is 0 Å². The van der Waals surface area contributed by atoms with E-state index in [1.54, 1.807) is 0 Å². The minimum Gasteiger partial charge on any atom is -0.230 e. The molecule has 0 saturated carbocycles. The zero-order chi connectivity index (χ0) is 17.4. The molecule has 0 radical (unpaired) electrons. The summed E-state index contributed by atoms with van der Waals surface area (Å²) in [7, 11) is 0. The van der Waals surface area contributed by atoms with Crippen LogP contribution in [-0.4, -0.2) is 22.9 Å². The summed E-state index contributed by atoms with van der Waals surface area (Å²) in [6, 6.07) is 0. The third-order valence-electron chi connectivity index (χ3n) is 2.61. The van der Waals surface area contributed by atoms with E-state index in [1.165, 1.54) is 0 Å². The van der Waals surface area contributed by atoms with Gasteiger partial charge in [-0.15, -0.1) is 0 Å². The van der Waals surface area contributed by atoms with Crippen LogP contribution >= 0.6 is 0 Å². The van der Waals surface area contributed by atoms with Gasteiger partial charge in [-0.25, -0.2) is 19.6 Å². The Morgan fingerprint density at radius 3 is 1.77 bits per heavy atom.